The fraction of sp³-hybridized carbons (Fsp3) is 0.304. The number of hydrogen-bond donors (Lipinski definition) is 0. The number of morpholine rings is 1. The van der Waals surface area contributed by atoms with Crippen molar-refractivity contribution in [3.05, 3.63) is 70.0 Å². The van der Waals surface area contributed by atoms with E-state index in [1.807, 2.05) is 0 Å². The zero-order valence-electron chi connectivity index (χ0n) is 17.9. The molecule has 0 unspecified atom stereocenters. The molecule has 0 aliphatic carbocycles. The van der Waals surface area contributed by atoms with Gasteiger partial charge in [0.15, 0.2) is 5.13 Å². The number of nitrogens with zero attached hydrogens (tertiary/aromatic N) is 4. The maximum Gasteiger partial charge on any atom is 0.270 e. The average Bonchev–Trinajstić information content (AvgIpc) is 3.24. The normalized spacial score (nSPS) is 14.7. The lowest BCUT2D eigenvalue weighted by atomic mass is 10.2. The van der Waals surface area contributed by atoms with Gasteiger partial charge in [-0.1, -0.05) is 23.5 Å². The van der Waals surface area contributed by atoms with Gasteiger partial charge in [-0.25, -0.2) is 9.37 Å². The summed E-state index contributed by atoms with van der Waals surface area (Å²) < 4.78 is 19.7. The van der Waals surface area contributed by atoms with Crippen LogP contribution in [0.1, 0.15) is 12.0 Å². The molecule has 10 heteroatoms. The summed E-state index contributed by atoms with van der Waals surface area (Å²) in [5.74, 6) is -0.642. The summed E-state index contributed by atoms with van der Waals surface area (Å²) >= 11 is 1.26. The molecule has 1 fully saturated rings. The average molecular weight is 471 g/mol. The Morgan fingerprint density at radius 2 is 2.09 bits per heavy atom. The van der Waals surface area contributed by atoms with Crippen LogP contribution in [0.25, 0.3) is 16.3 Å². The van der Waals surface area contributed by atoms with Crippen molar-refractivity contribution in [2.75, 3.05) is 44.3 Å². The van der Waals surface area contributed by atoms with Crippen molar-refractivity contribution in [1.29, 1.82) is 0 Å². The molecule has 0 bridgehead atoms. The van der Waals surface area contributed by atoms with E-state index >= 15 is 0 Å². The van der Waals surface area contributed by atoms with Gasteiger partial charge in [-0.2, -0.15) is 0 Å². The topological polar surface area (TPSA) is 88.8 Å². The second kappa shape index (κ2) is 10.6. The Morgan fingerprint density at radius 3 is 2.88 bits per heavy atom. The summed E-state index contributed by atoms with van der Waals surface area (Å²) in [6, 6.07) is 10.4. The molecule has 1 aliphatic heterocycles. The first-order valence-electron chi connectivity index (χ1n) is 10.6. The molecule has 0 saturated carbocycles. The highest BCUT2D eigenvalue weighted by atomic mass is 32.1. The second-order valence-electron chi connectivity index (χ2n) is 7.59. The van der Waals surface area contributed by atoms with Crippen LogP contribution in [0.15, 0.2) is 48.5 Å². The van der Waals surface area contributed by atoms with E-state index in [1.165, 1.54) is 41.7 Å². The Kier molecular flexibility index (Phi) is 7.38. The molecule has 2 heterocycles. The van der Waals surface area contributed by atoms with Crippen molar-refractivity contribution in [1.82, 2.24) is 9.88 Å². The molecule has 1 aliphatic rings. The number of thiazole rings is 1. The van der Waals surface area contributed by atoms with Gasteiger partial charge in [0.1, 0.15) is 5.82 Å². The van der Waals surface area contributed by atoms with Crippen molar-refractivity contribution in [2.45, 2.75) is 6.42 Å². The number of halogens is 1. The Hall–Kier alpha value is -3.21. The molecular weight excluding hydrogens is 447 g/mol. The maximum atomic E-state index is 13.6. The minimum Gasteiger partial charge on any atom is -0.379 e. The number of nitro benzene ring substituents is 1. The van der Waals surface area contributed by atoms with Gasteiger partial charge in [0.05, 0.1) is 28.4 Å². The van der Waals surface area contributed by atoms with Crippen molar-refractivity contribution in [2.24, 2.45) is 0 Å². The van der Waals surface area contributed by atoms with Gasteiger partial charge in [-0.05, 0) is 36.3 Å². The summed E-state index contributed by atoms with van der Waals surface area (Å²) in [6.45, 7) is 4.40. The van der Waals surface area contributed by atoms with E-state index in [-0.39, 0.29) is 17.4 Å². The van der Waals surface area contributed by atoms with Gasteiger partial charge in [0.25, 0.3) is 11.6 Å². The summed E-state index contributed by atoms with van der Waals surface area (Å²) in [5, 5.41) is 11.5. The van der Waals surface area contributed by atoms with Gasteiger partial charge in [-0.3, -0.25) is 24.7 Å². The molecule has 1 amide bonds. The number of fused-ring (bicyclic) bond motifs is 1. The predicted octanol–water partition coefficient (Wildman–Crippen LogP) is 4.11. The van der Waals surface area contributed by atoms with Crippen LogP contribution in [-0.4, -0.2) is 60.1 Å². The van der Waals surface area contributed by atoms with Crippen LogP contribution >= 0.6 is 11.3 Å². The number of carbonyl (C=O) groups is 1. The Balaban J connectivity index is 1.53. The molecule has 8 nitrogen and oxygen atoms in total. The zero-order valence-corrected chi connectivity index (χ0v) is 18.7. The fourth-order valence-corrected chi connectivity index (χ4v) is 4.60. The molecule has 3 aromatic rings. The molecule has 172 valence electrons. The number of rotatable bonds is 8. The minimum atomic E-state index is -0.475. The summed E-state index contributed by atoms with van der Waals surface area (Å²) in [6.07, 6.45) is 3.68. The van der Waals surface area contributed by atoms with Crippen LogP contribution < -0.4 is 4.90 Å². The monoisotopic (exact) mass is 470 g/mol. The number of amides is 1. The number of hydrogen-bond acceptors (Lipinski definition) is 7. The molecule has 33 heavy (non-hydrogen) atoms. The Labute approximate surface area is 194 Å². The van der Waals surface area contributed by atoms with Crippen LogP contribution in [0.4, 0.5) is 15.2 Å². The van der Waals surface area contributed by atoms with E-state index in [0.29, 0.717) is 40.7 Å². The number of non-ortho nitro benzene ring substituents is 1. The highest BCUT2D eigenvalue weighted by Gasteiger charge is 2.19. The highest BCUT2D eigenvalue weighted by Crippen LogP contribution is 2.30. The third kappa shape index (κ3) is 5.98. The number of ether oxygens (including phenoxy) is 1. The SMILES string of the molecule is O=C(/C=C/c1cccc([N+](=O)[O-])c1)N(CCCN1CCOCC1)c1nc2ccc(F)cc2s1. The van der Waals surface area contributed by atoms with Crippen LogP contribution in [0.2, 0.25) is 0 Å². The predicted molar refractivity (Wildman–Crippen MR) is 126 cm³/mol. The number of nitro groups is 1. The summed E-state index contributed by atoms with van der Waals surface area (Å²) in [7, 11) is 0. The van der Waals surface area contributed by atoms with E-state index in [0.717, 1.165) is 26.1 Å². The van der Waals surface area contributed by atoms with E-state index < -0.39 is 4.92 Å². The van der Waals surface area contributed by atoms with Crippen LogP contribution in [0.5, 0.6) is 0 Å². The highest BCUT2D eigenvalue weighted by molar-refractivity contribution is 7.22. The van der Waals surface area contributed by atoms with Crippen LogP contribution in [0.3, 0.4) is 0 Å². The number of benzene rings is 2. The van der Waals surface area contributed by atoms with Gasteiger partial charge in [0.2, 0.25) is 0 Å². The molecule has 1 aromatic heterocycles. The van der Waals surface area contributed by atoms with Crippen molar-refractivity contribution in [3.63, 3.8) is 0 Å². The lowest BCUT2D eigenvalue weighted by Crippen LogP contribution is -2.39. The third-order valence-corrected chi connectivity index (χ3v) is 6.34. The van der Waals surface area contributed by atoms with Gasteiger partial charge in [-0.15, -0.1) is 0 Å². The van der Waals surface area contributed by atoms with E-state index in [1.54, 1.807) is 29.2 Å². The first-order chi connectivity index (χ1) is 16.0. The number of aromatic nitrogens is 1. The molecule has 2 aromatic carbocycles. The largest absolute Gasteiger partial charge is 0.379 e. The number of anilines is 1. The third-order valence-electron chi connectivity index (χ3n) is 5.30. The molecule has 0 N–H and O–H groups in total. The summed E-state index contributed by atoms with van der Waals surface area (Å²) in [4.78, 5) is 32.1. The van der Waals surface area contributed by atoms with E-state index in [2.05, 4.69) is 9.88 Å². The second-order valence-corrected chi connectivity index (χ2v) is 8.60. The molecule has 0 atom stereocenters. The smallest absolute Gasteiger partial charge is 0.270 e. The molecule has 0 spiro atoms. The van der Waals surface area contributed by atoms with Gasteiger partial charge in [0, 0.05) is 44.4 Å². The zero-order chi connectivity index (χ0) is 23.2. The molecule has 1 saturated heterocycles. The van der Waals surface area contributed by atoms with Crippen molar-refractivity contribution in [3.8, 4) is 0 Å². The molecule has 4 rings (SSSR count). The first-order valence-corrected chi connectivity index (χ1v) is 11.4. The number of carbonyl (C=O) groups excluding carboxylic acids is 1. The van der Waals surface area contributed by atoms with Gasteiger partial charge < -0.3 is 4.74 Å². The van der Waals surface area contributed by atoms with Crippen LogP contribution in [-0.2, 0) is 9.53 Å². The lowest BCUT2D eigenvalue weighted by molar-refractivity contribution is -0.384. The standard InChI is InChI=1S/C23H23FN4O4S/c24-18-6-7-20-21(16-18)33-23(25-20)27(10-2-9-26-11-13-32-14-12-26)22(29)8-5-17-3-1-4-19(15-17)28(30)31/h1,3-8,15-16H,2,9-14H2/b8-5+. The van der Waals surface area contributed by atoms with Gasteiger partial charge >= 0.3 is 0 Å². The quantitative estimate of drug-likeness (QED) is 0.280. The molecule has 0 radical (unpaired) electrons. The fourth-order valence-electron chi connectivity index (χ4n) is 3.58. The van der Waals surface area contributed by atoms with Crippen LogP contribution in [0, 0.1) is 15.9 Å². The van der Waals surface area contributed by atoms with Crippen molar-refractivity contribution < 1.29 is 18.8 Å². The Morgan fingerprint density at radius 1 is 1.27 bits per heavy atom. The minimum absolute atomic E-state index is 0.0415. The van der Waals surface area contributed by atoms with E-state index in [9.17, 15) is 19.3 Å². The maximum absolute atomic E-state index is 13.6. The lowest BCUT2D eigenvalue weighted by Gasteiger charge is -2.27. The van der Waals surface area contributed by atoms with Crippen molar-refractivity contribution >= 4 is 44.4 Å². The summed E-state index contributed by atoms with van der Waals surface area (Å²) in [5.41, 5.74) is 1.14. The molecular formula is C23H23FN4O4S. The Bertz CT molecular complexity index is 1180. The van der Waals surface area contributed by atoms with E-state index in [4.69, 9.17) is 4.74 Å². The first kappa shape index (κ1) is 23.0.